The van der Waals surface area contributed by atoms with Gasteiger partial charge in [0.1, 0.15) is 12.6 Å². The summed E-state index contributed by atoms with van der Waals surface area (Å²) in [6.07, 6.45) is -5.17. The molecular formula is C17H21F3N2O6. The number of halogens is 3. The highest BCUT2D eigenvalue weighted by atomic mass is 19.4. The van der Waals surface area contributed by atoms with Crippen molar-refractivity contribution >= 4 is 17.8 Å². The van der Waals surface area contributed by atoms with Gasteiger partial charge < -0.3 is 24.8 Å². The molecule has 0 heterocycles. The van der Waals surface area contributed by atoms with Crippen LogP contribution in [0.3, 0.4) is 0 Å². The molecule has 156 valence electrons. The third-order valence-electron chi connectivity index (χ3n) is 3.37. The number of amides is 2. The van der Waals surface area contributed by atoms with Gasteiger partial charge in [0, 0.05) is 14.2 Å². The van der Waals surface area contributed by atoms with Crippen LogP contribution >= 0.6 is 0 Å². The summed E-state index contributed by atoms with van der Waals surface area (Å²) in [5, 5.41) is 3.70. The maximum absolute atomic E-state index is 12.4. The number of benzene rings is 1. The Morgan fingerprint density at radius 2 is 1.54 bits per heavy atom. The minimum atomic E-state index is -5.17. The van der Waals surface area contributed by atoms with E-state index in [9.17, 15) is 27.6 Å². The van der Waals surface area contributed by atoms with Crippen LogP contribution in [0.15, 0.2) is 30.3 Å². The molecule has 2 N–H and O–H groups in total. The lowest BCUT2D eigenvalue weighted by atomic mass is 10.2. The standard InChI is InChI=1S/C17H21F3N2O6/c1-26-9-12(22-16(25)17(18,19)20)14(23)21-13(10-27-2)15(24)28-8-11-6-4-3-5-7-11/h3-7,12-13H,8-10H2,1-2H3,(H,21,23)(H,22,25)/t12-,13-/m0/s1. The number of carbonyl (C=O) groups is 3. The van der Waals surface area contributed by atoms with E-state index in [4.69, 9.17) is 9.47 Å². The quantitative estimate of drug-likeness (QED) is 0.551. The lowest BCUT2D eigenvalue weighted by Crippen LogP contribution is -2.56. The van der Waals surface area contributed by atoms with Gasteiger partial charge in [-0.15, -0.1) is 0 Å². The summed E-state index contributed by atoms with van der Waals surface area (Å²) in [7, 11) is 2.41. The van der Waals surface area contributed by atoms with Crippen LogP contribution in [0.5, 0.6) is 0 Å². The molecule has 1 aromatic carbocycles. The lowest BCUT2D eigenvalue weighted by Gasteiger charge is -2.22. The minimum Gasteiger partial charge on any atom is -0.459 e. The summed E-state index contributed by atoms with van der Waals surface area (Å²) < 4.78 is 51.8. The van der Waals surface area contributed by atoms with E-state index in [1.807, 2.05) is 0 Å². The lowest BCUT2D eigenvalue weighted by molar-refractivity contribution is -0.175. The van der Waals surface area contributed by atoms with E-state index in [1.54, 1.807) is 30.3 Å². The number of nitrogens with one attached hydrogen (secondary N) is 2. The van der Waals surface area contributed by atoms with Crippen molar-refractivity contribution in [3.8, 4) is 0 Å². The molecular weight excluding hydrogens is 385 g/mol. The molecule has 0 fully saturated rings. The van der Waals surface area contributed by atoms with Gasteiger partial charge in [0.2, 0.25) is 5.91 Å². The summed E-state index contributed by atoms with van der Waals surface area (Å²) in [6, 6.07) is 5.76. The predicted molar refractivity (Wildman–Crippen MR) is 89.9 cm³/mol. The van der Waals surface area contributed by atoms with Crippen LogP contribution in [-0.4, -0.2) is 63.5 Å². The number of rotatable bonds is 10. The highest BCUT2D eigenvalue weighted by Gasteiger charge is 2.41. The number of ether oxygens (including phenoxy) is 3. The fourth-order valence-corrected chi connectivity index (χ4v) is 2.03. The van der Waals surface area contributed by atoms with Crippen LogP contribution in [0.1, 0.15) is 5.56 Å². The number of hydrogen-bond acceptors (Lipinski definition) is 6. The molecule has 0 unspecified atom stereocenters. The van der Waals surface area contributed by atoms with Crippen LogP contribution in [0.2, 0.25) is 0 Å². The van der Waals surface area contributed by atoms with Crippen molar-refractivity contribution in [3.05, 3.63) is 35.9 Å². The summed E-state index contributed by atoms with van der Waals surface area (Å²) in [4.78, 5) is 35.5. The fraction of sp³-hybridized carbons (Fsp3) is 0.471. The van der Waals surface area contributed by atoms with E-state index in [0.717, 1.165) is 7.11 Å². The molecule has 2 atom stereocenters. The van der Waals surface area contributed by atoms with Crippen LogP contribution in [0.4, 0.5) is 13.2 Å². The Hall–Kier alpha value is -2.66. The first-order valence-corrected chi connectivity index (χ1v) is 8.05. The van der Waals surface area contributed by atoms with Crippen molar-refractivity contribution in [3.63, 3.8) is 0 Å². The van der Waals surface area contributed by atoms with Crippen LogP contribution < -0.4 is 10.6 Å². The Bertz CT molecular complexity index is 654. The number of methoxy groups -OCH3 is 2. The summed E-state index contributed by atoms with van der Waals surface area (Å²) in [6.45, 7) is -0.888. The van der Waals surface area contributed by atoms with Gasteiger partial charge in [-0.05, 0) is 5.56 Å². The second-order valence-electron chi connectivity index (χ2n) is 5.59. The van der Waals surface area contributed by atoms with Gasteiger partial charge in [0.25, 0.3) is 0 Å². The second-order valence-corrected chi connectivity index (χ2v) is 5.59. The molecule has 0 aliphatic heterocycles. The Labute approximate surface area is 159 Å². The molecule has 0 aliphatic carbocycles. The molecule has 0 saturated carbocycles. The van der Waals surface area contributed by atoms with E-state index in [-0.39, 0.29) is 13.2 Å². The Morgan fingerprint density at radius 1 is 0.964 bits per heavy atom. The van der Waals surface area contributed by atoms with Gasteiger partial charge in [-0.2, -0.15) is 13.2 Å². The minimum absolute atomic E-state index is 0.0674. The maximum Gasteiger partial charge on any atom is 0.471 e. The van der Waals surface area contributed by atoms with Crippen molar-refractivity contribution in [1.82, 2.24) is 10.6 Å². The topological polar surface area (TPSA) is 103 Å². The Balaban J connectivity index is 2.73. The second kappa shape index (κ2) is 11.2. The number of carbonyl (C=O) groups excluding carboxylic acids is 3. The first-order chi connectivity index (χ1) is 13.2. The highest BCUT2D eigenvalue weighted by Crippen LogP contribution is 2.14. The van der Waals surface area contributed by atoms with Gasteiger partial charge in [0.05, 0.1) is 13.2 Å². The number of esters is 1. The zero-order valence-corrected chi connectivity index (χ0v) is 15.2. The molecule has 2 amide bonds. The molecule has 0 aliphatic rings. The zero-order valence-electron chi connectivity index (χ0n) is 15.2. The Morgan fingerprint density at radius 3 is 2.07 bits per heavy atom. The van der Waals surface area contributed by atoms with E-state index >= 15 is 0 Å². The first kappa shape index (κ1) is 23.4. The van der Waals surface area contributed by atoms with E-state index < -0.39 is 42.7 Å². The Kier molecular flexibility index (Phi) is 9.39. The molecule has 28 heavy (non-hydrogen) atoms. The highest BCUT2D eigenvalue weighted by molar-refractivity contribution is 5.92. The number of hydrogen-bond donors (Lipinski definition) is 2. The van der Waals surface area contributed by atoms with E-state index in [0.29, 0.717) is 5.56 Å². The van der Waals surface area contributed by atoms with Crippen molar-refractivity contribution in [2.45, 2.75) is 24.9 Å². The largest absolute Gasteiger partial charge is 0.471 e. The van der Waals surface area contributed by atoms with Crippen molar-refractivity contribution in [2.75, 3.05) is 27.4 Å². The van der Waals surface area contributed by atoms with Gasteiger partial charge in [0.15, 0.2) is 6.04 Å². The first-order valence-electron chi connectivity index (χ1n) is 8.05. The SMILES string of the molecule is COC[C@H](NC(=O)C(F)(F)F)C(=O)N[C@@H](COC)C(=O)OCc1ccccc1. The molecule has 0 radical (unpaired) electrons. The molecule has 0 aromatic heterocycles. The summed E-state index contributed by atoms with van der Waals surface area (Å²) >= 11 is 0. The molecule has 11 heteroatoms. The summed E-state index contributed by atoms with van der Waals surface area (Å²) in [5.74, 6) is -4.21. The molecule has 8 nitrogen and oxygen atoms in total. The predicted octanol–water partition coefficient (Wildman–Crippen LogP) is 0.555. The van der Waals surface area contributed by atoms with Gasteiger partial charge in [-0.3, -0.25) is 9.59 Å². The maximum atomic E-state index is 12.4. The van der Waals surface area contributed by atoms with Crippen LogP contribution in [-0.2, 0) is 35.2 Å². The van der Waals surface area contributed by atoms with E-state index in [2.05, 4.69) is 10.1 Å². The zero-order chi connectivity index (χ0) is 21.2. The molecule has 0 bridgehead atoms. The summed E-state index contributed by atoms with van der Waals surface area (Å²) in [5.41, 5.74) is 0.702. The average Bonchev–Trinajstić information content (AvgIpc) is 2.65. The van der Waals surface area contributed by atoms with Crippen molar-refractivity contribution in [2.24, 2.45) is 0 Å². The third-order valence-corrected chi connectivity index (χ3v) is 3.37. The molecule has 0 saturated heterocycles. The average molecular weight is 406 g/mol. The van der Waals surface area contributed by atoms with Gasteiger partial charge in [-0.1, -0.05) is 30.3 Å². The van der Waals surface area contributed by atoms with Gasteiger partial charge in [-0.25, -0.2) is 4.79 Å². The normalized spacial score (nSPS) is 13.3. The van der Waals surface area contributed by atoms with E-state index in [1.165, 1.54) is 12.4 Å². The van der Waals surface area contributed by atoms with Crippen LogP contribution in [0.25, 0.3) is 0 Å². The molecule has 1 rings (SSSR count). The number of alkyl halides is 3. The smallest absolute Gasteiger partial charge is 0.459 e. The fourth-order valence-electron chi connectivity index (χ4n) is 2.03. The third kappa shape index (κ3) is 7.92. The van der Waals surface area contributed by atoms with Crippen molar-refractivity contribution in [1.29, 1.82) is 0 Å². The molecule has 0 spiro atoms. The van der Waals surface area contributed by atoms with Crippen LogP contribution in [0, 0.1) is 0 Å². The van der Waals surface area contributed by atoms with Gasteiger partial charge >= 0.3 is 18.1 Å². The van der Waals surface area contributed by atoms with Crippen molar-refractivity contribution < 1.29 is 41.8 Å². The molecule has 1 aromatic rings. The monoisotopic (exact) mass is 406 g/mol.